The molecule has 0 atom stereocenters. The van der Waals surface area contributed by atoms with Crippen LogP contribution in [0.15, 0.2) is 5.38 Å². The molecule has 1 aliphatic rings. The van der Waals surface area contributed by atoms with Crippen molar-refractivity contribution in [1.29, 1.82) is 0 Å². The van der Waals surface area contributed by atoms with Crippen LogP contribution in [-0.2, 0) is 5.88 Å². The van der Waals surface area contributed by atoms with E-state index in [9.17, 15) is 0 Å². The number of hydrogen-bond donors (Lipinski definition) is 0. The number of rotatable bonds is 2. The van der Waals surface area contributed by atoms with Crippen LogP contribution in [0.1, 0.15) is 31.4 Å². The maximum atomic E-state index is 5.74. The second kappa shape index (κ2) is 4.99. The van der Waals surface area contributed by atoms with Gasteiger partial charge in [-0.05, 0) is 12.8 Å². The van der Waals surface area contributed by atoms with Gasteiger partial charge in [-0.2, -0.15) is 0 Å². The van der Waals surface area contributed by atoms with Gasteiger partial charge in [-0.25, -0.2) is 4.98 Å². The van der Waals surface area contributed by atoms with Gasteiger partial charge in [-0.1, -0.05) is 12.8 Å². The van der Waals surface area contributed by atoms with Gasteiger partial charge in [0.2, 0.25) is 0 Å². The molecule has 2 heterocycles. The molecule has 0 radical (unpaired) electrons. The summed E-state index contributed by atoms with van der Waals surface area (Å²) in [6.45, 7) is 2.32. The maximum Gasteiger partial charge on any atom is 0.185 e. The Kier molecular flexibility index (Phi) is 3.65. The Morgan fingerprint density at radius 1 is 1.29 bits per heavy atom. The first-order chi connectivity index (χ1) is 6.90. The van der Waals surface area contributed by atoms with Crippen LogP contribution in [0.2, 0.25) is 0 Å². The third-order valence-corrected chi connectivity index (χ3v) is 3.78. The molecule has 0 aliphatic carbocycles. The van der Waals surface area contributed by atoms with E-state index in [-0.39, 0.29) is 0 Å². The van der Waals surface area contributed by atoms with Gasteiger partial charge in [-0.15, -0.1) is 22.9 Å². The van der Waals surface area contributed by atoms with Crippen molar-refractivity contribution in [3.8, 4) is 0 Å². The minimum atomic E-state index is 0.532. The molecular weight excluding hydrogens is 216 g/mol. The summed E-state index contributed by atoms with van der Waals surface area (Å²) in [5, 5.41) is 3.22. The van der Waals surface area contributed by atoms with Crippen LogP contribution in [0.3, 0.4) is 0 Å². The van der Waals surface area contributed by atoms with E-state index in [1.165, 1.54) is 25.7 Å². The summed E-state index contributed by atoms with van der Waals surface area (Å²) in [7, 11) is 0. The number of hydrogen-bond acceptors (Lipinski definition) is 3. The second-order valence-corrected chi connectivity index (χ2v) is 4.76. The average Bonchev–Trinajstić information content (AvgIpc) is 2.53. The second-order valence-electron chi connectivity index (χ2n) is 3.66. The van der Waals surface area contributed by atoms with Gasteiger partial charge < -0.3 is 4.90 Å². The quantitative estimate of drug-likeness (QED) is 0.725. The van der Waals surface area contributed by atoms with E-state index in [0.29, 0.717) is 5.88 Å². The molecule has 0 amide bonds. The summed E-state index contributed by atoms with van der Waals surface area (Å²) >= 11 is 7.46. The third-order valence-electron chi connectivity index (χ3n) is 2.55. The highest BCUT2D eigenvalue weighted by atomic mass is 35.5. The molecule has 2 rings (SSSR count). The zero-order valence-corrected chi connectivity index (χ0v) is 9.78. The molecule has 2 nitrogen and oxygen atoms in total. The predicted octanol–water partition coefficient (Wildman–Crippen LogP) is 3.26. The molecular formula is C10H15ClN2S. The number of alkyl halides is 1. The van der Waals surface area contributed by atoms with Crippen molar-refractivity contribution in [1.82, 2.24) is 4.98 Å². The molecule has 1 aliphatic heterocycles. The van der Waals surface area contributed by atoms with Crippen LogP contribution < -0.4 is 4.90 Å². The SMILES string of the molecule is ClCc1csc(N2CCCCCC2)n1. The van der Waals surface area contributed by atoms with Crippen LogP contribution in [0.25, 0.3) is 0 Å². The molecule has 0 saturated carbocycles. The van der Waals surface area contributed by atoms with Crippen LogP contribution in [0.4, 0.5) is 5.13 Å². The Bertz CT molecular complexity index is 279. The van der Waals surface area contributed by atoms with Gasteiger partial charge in [0.25, 0.3) is 0 Å². The van der Waals surface area contributed by atoms with E-state index in [2.05, 4.69) is 15.3 Å². The Balaban J connectivity index is 2.04. The molecule has 78 valence electrons. The molecule has 1 fully saturated rings. The molecule has 0 aromatic carbocycles. The number of aromatic nitrogens is 1. The van der Waals surface area contributed by atoms with Crippen molar-refractivity contribution in [2.75, 3.05) is 18.0 Å². The summed E-state index contributed by atoms with van der Waals surface area (Å²) < 4.78 is 0. The molecule has 0 unspecified atom stereocenters. The monoisotopic (exact) mass is 230 g/mol. The number of thiazole rings is 1. The highest BCUT2D eigenvalue weighted by Crippen LogP contribution is 2.24. The molecule has 1 aromatic rings. The largest absolute Gasteiger partial charge is 0.348 e. The first-order valence-electron chi connectivity index (χ1n) is 5.15. The molecule has 14 heavy (non-hydrogen) atoms. The minimum Gasteiger partial charge on any atom is -0.348 e. The van der Waals surface area contributed by atoms with Crippen LogP contribution >= 0.6 is 22.9 Å². The highest BCUT2D eigenvalue weighted by molar-refractivity contribution is 7.13. The lowest BCUT2D eigenvalue weighted by Gasteiger charge is -2.18. The van der Waals surface area contributed by atoms with Gasteiger partial charge in [0, 0.05) is 18.5 Å². The fraction of sp³-hybridized carbons (Fsp3) is 0.700. The van der Waals surface area contributed by atoms with Crippen molar-refractivity contribution in [2.45, 2.75) is 31.6 Å². The third kappa shape index (κ3) is 2.39. The fourth-order valence-corrected chi connectivity index (χ4v) is 2.87. The van der Waals surface area contributed by atoms with Crippen molar-refractivity contribution < 1.29 is 0 Å². The lowest BCUT2D eigenvalue weighted by atomic mass is 10.2. The van der Waals surface area contributed by atoms with Gasteiger partial charge in [0.05, 0.1) is 11.6 Å². The first kappa shape index (κ1) is 10.2. The lowest BCUT2D eigenvalue weighted by molar-refractivity contribution is 0.726. The van der Waals surface area contributed by atoms with Crippen LogP contribution in [0.5, 0.6) is 0 Å². The smallest absolute Gasteiger partial charge is 0.185 e. The summed E-state index contributed by atoms with van der Waals surface area (Å²) in [6.07, 6.45) is 5.33. The number of nitrogens with zero attached hydrogens (tertiary/aromatic N) is 2. The summed E-state index contributed by atoms with van der Waals surface area (Å²) in [4.78, 5) is 6.90. The van der Waals surface area contributed by atoms with E-state index >= 15 is 0 Å². The van der Waals surface area contributed by atoms with Crippen LogP contribution in [-0.4, -0.2) is 18.1 Å². The van der Waals surface area contributed by atoms with E-state index in [1.807, 2.05) is 0 Å². The Labute approximate surface area is 93.9 Å². The van der Waals surface area contributed by atoms with E-state index < -0.39 is 0 Å². The Morgan fingerprint density at radius 2 is 2.00 bits per heavy atom. The number of halogens is 1. The molecule has 0 bridgehead atoms. The van der Waals surface area contributed by atoms with E-state index in [0.717, 1.165) is 23.9 Å². The molecule has 1 aromatic heterocycles. The van der Waals surface area contributed by atoms with Gasteiger partial charge >= 0.3 is 0 Å². The zero-order chi connectivity index (χ0) is 9.80. The van der Waals surface area contributed by atoms with Gasteiger partial charge in [-0.3, -0.25) is 0 Å². The standard InChI is InChI=1S/C10H15ClN2S/c11-7-9-8-14-10(12-9)13-5-3-1-2-4-6-13/h8H,1-7H2. The lowest BCUT2D eigenvalue weighted by Crippen LogP contribution is -2.23. The topological polar surface area (TPSA) is 16.1 Å². The molecule has 0 spiro atoms. The molecule has 1 saturated heterocycles. The number of anilines is 1. The average molecular weight is 231 g/mol. The molecule has 4 heteroatoms. The Morgan fingerprint density at radius 3 is 2.57 bits per heavy atom. The fourth-order valence-electron chi connectivity index (χ4n) is 1.76. The van der Waals surface area contributed by atoms with E-state index in [4.69, 9.17) is 11.6 Å². The normalized spacial score (nSPS) is 18.2. The molecule has 0 N–H and O–H groups in total. The summed E-state index contributed by atoms with van der Waals surface area (Å²) in [5.41, 5.74) is 1.01. The summed E-state index contributed by atoms with van der Waals surface area (Å²) in [6, 6.07) is 0. The van der Waals surface area contributed by atoms with E-state index in [1.54, 1.807) is 11.3 Å². The summed E-state index contributed by atoms with van der Waals surface area (Å²) in [5.74, 6) is 0.532. The van der Waals surface area contributed by atoms with Crippen molar-refractivity contribution >= 4 is 28.1 Å². The predicted molar refractivity (Wildman–Crippen MR) is 62.4 cm³/mol. The van der Waals surface area contributed by atoms with Crippen molar-refractivity contribution in [3.05, 3.63) is 11.1 Å². The maximum absolute atomic E-state index is 5.74. The van der Waals surface area contributed by atoms with Gasteiger partial charge in [0.1, 0.15) is 0 Å². The highest BCUT2D eigenvalue weighted by Gasteiger charge is 2.12. The minimum absolute atomic E-state index is 0.532. The van der Waals surface area contributed by atoms with Crippen molar-refractivity contribution in [2.24, 2.45) is 0 Å². The Hall–Kier alpha value is -0.280. The first-order valence-corrected chi connectivity index (χ1v) is 6.57. The zero-order valence-electron chi connectivity index (χ0n) is 8.21. The van der Waals surface area contributed by atoms with Crippen LogP contribution in [0, 0.1) is 0 Å². The van der Waals surface area contributed by atoms with Gasteiger partial charge in [0.15, 0.2) is 5.13 Å². The van der Waals surface area contributed by atoms with Crippen molar-refractivity contribution in [3.63, 3.8) is 0 Å².